The van der Waals surface area contributed by atoms with Crippen LogP contribution in [0.4, 0.5) is 0 Å². The summed E-state index contributed by atoms with van der Waals surface area (Å²) in [6, 6.07) is 10.5. The lowest BCUT2D eigenvalue weighted by Gasteiger charge is -2.00. The van der Waals surface area contributed by atoms with Gasteiger partial charge < -0.3 is 5.11 Å². The molecule has 2 nitrogen and oxygen atoms in total. The molecule has 0 aliphatic rings. The van der Waals surface area contributed by atoms with Crippen LogP contribution in [0.3, 0.4) is 0 Å². The van der Waals surface area contributed by atoms with E-state index in [1.54, 1.807) is 29.2 Å². The maximum atomic E-state index is 10.4. The number of rotatable bonds is 5. The molecule has 4 heteroatoms. The first-order valence-corrected chi connectivity index (χ1v) is 7.68. The largest absolute Gasteiger partial charge is 0.478 e. The number of benzene rings is 1. The molecular formula is C15H14O2S2. The summed E-state index contributed by atoms with van der Waals surface area (Å²) >= 11 is 3.46. The van der Waals surface area contributed by atoms with E-state index in [2.05, 4.69) is 31.2 Å². The molecule has 0 aliphatic carbocycles. The SMILES string of the molecule is Cc1cccc(SCc2cc(C=CC(=O)O)cs2)c1. The Morgan fingerprint density at radius 3 is 3.00 bits per heavy atom. The highest BCUT2D eigenvalue weighted by molar-refractivity contribution is 7.98. The minimum absolute atomic E-state index is 0.912. The molecule has 0 unspecified atom stereocenters. The molecule has 1 heterocycles. The Labute approximate surface area is 120 Å². The van der Waals surface area contributed by atoms with Crippen molar-refractivity contribution >= 4 is 35.1 Å². The summed E-state index contributed by atoms with van der Waals surface area (Å²) in [5.74, 6) is -0.00318. The predicted molar refractivity (Wildman–Crippen MR) is 81.7 cm³/mol. The second-order valence-electron chi connectivity index (χ2n) is 4.12. The van der Waals surface area contributed by atoms with Crippen molar-refractivity contribution < 1.29 is 9.90 Å². The minimum atomic E-state index is -0.915. The fourth-order valence-electron chi connectivity index (χ4n) is 1.59. The van der Waals surface area contributed by atoms with Gasteiger partial charge in [0.15, 0.2) is 0 Å². The van der Waals surface area contributed by atoms with Crippen molar-refractivity contribution in [3.05, 3.63) is 57.8 Å². The minimum Gasteiger partial charge on any atom is -0.478 e. The number of thioether (sulfide) groups is 1. The maximum Gasteiger partial charge on any atom is 0.328 e. The monoisotopic (exact) mass is 290 g/mol. The standard InChI is InChI=1S/C15H14O2S2/c1-11-3-2-4-13(7-11)19-10-14-8-12(9-18-14)5-6-15(16)17/h2-9H,10H2,1H3,(H,16,17). The highest BCUT2D eigenvalue weighted by atomic mass is 32.2. The Bertz CT molecular complexity index is 600. The molecule has 0 saturated heterocycles. The normalized spacial score (nSPS) is 11.0. The maximum absolute atomic E-state index is 10.4. The van der Waals surface area contributed by atoms with Crippen LogP contribution < -0.4 is 0 Å². The summed E-state index contributed by atoms with van der Waals surface area (Å²) in [4.78, 5) is 12.9. The Morgan fingerprint density at radius 2 is 2.26 bits per heavy atom. The van der Waals surface area contributed by atoms with Crippen molar-refractivity contribution in [2.75, 3.05) is 0 Å². The third-order valence-electron chi connectivity index (χ3n) is 2.46. The summed E-state index contributed by atoms with van der Waals surface area (Å²) in [6.07, 6.45) is 2.79. The van der Waals surface area contributed by atoms with E-state index >= 15 is 0 Å². The van der Waals surface area contributed by atoms with Crippen LogP contribution in [-0.2, 0) is 10.5 Å². The zero-order valence-electron chi connectivity index (χ0n) is 10.5. The van der Waals surface area contributed by atoms with Crippen LogP contribution in [-0.4, -0.2) is 11.1 Å². The molecule has 1 aromatic carbocycles. The molecule has 2 rings (SSSR count). The first-order chi connectivity index (χ1) is 9.13. The highest BCUT2D eigenvalue weighted by Gasteiger charge is 2.00. The molecule has 1 N–H and O–H groups in total. The average molecular weight is 290 g/mol. The van der Waals surface area contributed by atoms with Gasteiger partial charge in [0.2, 0.25) is 0 Å². The van der Waals surface area contributed by atoms with Gasteiger partial charge in [-0.2, -0.15) is 0 Å². The van der Waals surface area contributed by atoms with E-state index in [1.807, 2.05) is 11.4 Å². The molecule has 19 heavy (non-hydrogen) atoms. The molecule has 0 bridgehead atoms. The van der Waals surface area contributed by atoms with Gasteiger partial charge in [-0.1, -0.05) is 17.7 Å². The summed E-state index contributed by atoms with van der Waals surface area (Å²) < 4.78 is 0. The van der Waals surface area contributed by atoms with Gasteiger partial charge in [0.05, 0.1) is 0 Å². The lowest BCUT2D eigenvalue weighted by atomic mass is 10.2. The first kappa shape index (κ1) is 13.9. The van der Waals surface area contributed by atoms with Gasteiger partial charge in [-0.3, -0.25) is 0 Å². The number of thiophene rings is 1. The van der Waals surface area contributed by atoms with Crippen LogP contribution in [0.15, 0.2) is 46.7 Å². The van der Waals surface area contributed by atoms with Crippen molar-refractivity contribution in [3.63, 3.8) is 0 Å². The van der Waals surface area contributed by atoms with Gasteiger partial charge in [0.25, 0.3) is 0 Å². The molecule has 98 valence electrons. The molecule has 2 aromatic rings. The number of carbonyl (C=O) groups is 1. The Morgan fingerprint density at radius 1 is 1.42 bits per heavy atom. The second-order valence-corrected chi connectivity index (χ2v) is 6.17. The van der Waals surface area contributed by atoms with Crippen LogP contribution in [0.25, 0.3) is 6.08 Å². The van der Waals surface area contributed by atoms with Gasteiger partial charge in [-0.25, -0.2) is 4.79 Å². The van der Waals surface area contributed by atoms with E-state index in [0.29, 0.717) is 0 Å². The Hall–Kier alpha value is -1.52. The topological polar surface area (TPSA) is 37.3 Å². The van der Waals surface area contributed by atoms with Crippen molar-refractivity contribution in [2.45, 2.75) is 17.6 Å². The second kappa shape index (κ2) is 6.59. The van der Waals surface area contributed by atoms with Crippen LogP contribution in [0.1, 0.15) is 16.0 Å². The fourth-order valence-corrected chi connectivity index (χ4v) is 3.51. The van der Waals surface area contributed by atoms with Crippen LogP contribution in [0.2, 0.25) is 0 Å². The highest BCUT2D eigenvalue weighted by Crippen LogP contribution is 2.27. The summed E-state index contributed by atoms with van der Waals surface area (Å²) in [7, 11) is 0. The van der Waals surface area contributed by atoms with E-state index < -0.39 is 5.97 Å². The summed E-state index contributed by atoms with van der Waals surface area (Å²) in [5, 5.41) is 10.5. The Balaban J connectivity index is 1.95. The average Bonchev–Trinajstić information content (AvgIpc) is 2.82. The van der Waals surface area contributed by atoms with Crippen molar-refractivity contribution in [1.29, 1.82) is 0 Å². The lowest BCUT2D eigenvalue weighted by molar-refractivity contribution is -0.131. The Kier molecular flexibility index (Phi) is 4.82. The smallest absolute Gasteiger partial charge is 0.328 e. The number of carboxylic acid groups (broad SMARTS) is 1. The number of aryl methyl sites for hydroxylation is 1. The molecule has 0 radical (unpaired) electrons. The zero-order chi connectivity index (χ0) is 13.7. The van der Waals surface area contributed by atoms with Crippen LogP contribution in [0, 0.1) is 6.92 Å². The summed E-state index contributed by atoms with van der Waals surface area (Å²) in [5.41, 5.74) is 2.22. The van der Waals surface area contributed by atoms with E-state index in [-0.39, 0.29) is 0 Å². The predicted octanol–water partition coefficient (Wildman–Crippen LogP) is 4.45. The van der Waals surface area contributed by atoms with E-state index in [9.17, 15) is 4.79 Å². The van der Waals surface area contributed by atoms with Gasteiger partial charge in [-0.05, 0) is 42.1 Å². The number of hydrogen-bond acceptors (Lipinski definition) is 3. The van der Waals surface area contributed by atoms with Crippen molar-refractivity contribution in [1.82, 2.24) is 0 Å². The van der Waals surface area contributed by atoms with Crippen LogP contribution in [0.5, 0.6) is 0 Å². The number of aliphatic carboxylic acids is 1. The number of hydrogen-bond donors (Lipinski definition) is 1. The van der Waals surface area contributed by atoms with E-state index in [0.717, 1.165) is 11.3 Å². The molecule has 1 aromatic heterocycles. The zero-order valence-corrected chi connectivity index (χ0v) is 12.1. The van der Waals surface area contributed by atoms with Gasteiger partial charge >= 0.3 is 5.97 Å². The first-order valence-electron chi connectivity index (χ1n) is 5.81. The van der Waals surface area contributed by atoms with Gasteiger partial charge in [-0.15, -0.1) is 23.1 Å². The molecule has 0 atom stereocenters. The van der Waals surface area contributed by atoms with E-state index in [1.165, 1.54) is 21.4 Å². The van der Waals surface area contributed by atoms with E-state index in [4.69, 9.17) is 5.11 Å². The molecule has 0 spiro atoms. The van der Waals surface area contributed by atoms with Gasteiger partial charge in [0.1, 0.15) is 0 Å². The third-order valence-corrected chi connectivity index (χ3v) is 4.64. The lowest BCUT2D eigenvalue weighted by Crippen LogP contribution is -1.84. The fraction of sp³-hybridized carbons (Fsp3) is 0.133. The van der Waals surface area contributed by atoms with Crippen LogP contribution >= 0.6 is 23.1 Å². The van der Waals surface area contributed by atoms with Crippen molar-refractivity contribution in [2.24, 2.45) is 0 Å². The van der Waals surface area contributed by atoms with Crippen molar-refractivity contribution in [3.8, 4) is 0 Å². The molecule has 0 aliphatic heterocycles. The third kappa shape index (κ3) is 4.58. The molecule has 0 saturated carbocycles. The number of carboxylic acids is 1. The quantitative estimate of drug-likeness (QED) is 0.653. The molecule has 0 amide bonds. The molecule has 0 fully saturated rings. The summed E-state index contributed by atoms with van der Waals surface area (Å²) in [6.45, 7) is 2.09. The molecular weight excluding hydrogens is 276 g/mol. The van der Waals surface area contributed by atoms with Gasteiger partial charge in [0, 0.05) is 21.6 Å².